The van der Waals surface area contributed by atoms with E-state index in [-0.39, 0.29) is 5.75 Å². The van der Waals surface area contributed by atoms with E-state index in [0.29, 0.717) is 17.5 Å². The van der Waals surface area contributed by atoms with Crippen LogP contribution in [0.1, 0.15) is 34.3 Å². The Kier molecular flexibility index (Phi) is 3.32. The zero-order valence-corrected chi connectivity index (χ0v) is 10.9. The van der Waals surface area contributed by atoms with E-state index < -0.39 is 9.84 Å². The van der Waals surface area contributed by atoms with Crippen molar-refractivity contribution in [3.63, 3.8) is 0 Å². The van der Waals surface area contributed by atoms with Gasteiger partial charge >= 0.3 is 0 Å². The Balaban J connectivity index is 2.29. The third-order valence-electron chi connectivity index (χ3n) is 2.79. The molecule has 0 saturated heterocycles. The second kappa shape index (κ2) is 4.43. The molecule has 1 atom stereocenters. The van der Waals surface area contributed by atoms with Gasteiger partial charge in [-0.3, -0.25) is 0 Å². The summed E-state index contributed by atoms with van der Waals surface area (Å²) < 4.78 is 22.4. The molecule has 0 saturated carbocycles. The van der Waals surface area contributed by atoms with Crippen molar-refractivity contribution in [2.75, 3.05) is 12.8 Å². The molecule has 90 valence electrons. The van der Waals surface area contributed by atoms with Crippen LogP contribution < -0.4 is 5.73 Å². The van der Waals surface area contributed by atoms with Crippen LogP contribution in [0.4, 0.5) is 0 Å². The minimum Gasteiger partial charge on any atom is -0.330 e. The lowest BCUT2D eigenvalue weighted by molar-refractivity contribution is 0.553. The maximum Gasteiger partial charge on any atom is 0.153 e. The maximum absolute atomic E-state index is 11.2. The average Bonchev–Trinajstić information content (AvgIpc) is 2.56. The van der Waals surface area contributed by atoms with Crippen molar-refractivity contribution in [2.24, 2.45) is 5.73 Å². The monoisotopic (exact) mass is 260 g/mol. The molecule has 2 rings (SSSR count). The van der Waals surface area contributed by atoms with Crippen molar-refractivity contribution in [2.45, 2.75) is 30.9 Å². The van der Waals surface area contributed by atoms with E-state index in [9.17, 15) is 8.42 Å². The van der Waals surface area contributed by atoms with Gasteiger partial charge in [0.15, 0.2) is 9.84 Å². The van der Waals surface area contributed by atoms with Crippen LogP contribution in [0, 0.1) is 0 Å². The normalized spacial score (nSPS) is 20.8. The van der Waals surface area contributed by atoms with Crippen LogP contribution in [0.5, 0.6) is 0 Å². The summed E-state index contributed by atoms with van der Waals surface area (Å²) in [6, 6.07) is 0. The summed E-state index contributed by atoms with van der Waals surface area (Å²) in [7, 11) is -2.98. The lowest BCUT2D eigenvalue weighted by atomic mass is 9.91. The predicted molar refractivity (Wildman–Crippen MR) is 65.4 cm³/mol. The van der Waals surface area contributed by atoms with E-state index in [1.807, 2.05) is 0 Å². The molecule has 6 heteroatoms. The molecule has 0 bridgehead atoms. The Hall–Kier alpha value is -0.460. The van der Waals surface area contributed by atoms with E-state index >= 15 is 0 Å². The minimum atomic E-state index is -2.98. The van der Waals surface area contributed by atoms with Crippen LogP contribution in [-0.4, -0.2) is 26.2 Å². The highest BCUT2D eigenvalue weighted by atomic mass is 32.2. The molecular formula is C10H16N2O2S2. The Morgan fingerprint density at radius 1 is 1.56 bits per heavy atom. The van der Waals surface area contributed by atoms with E-state index in [4.69, 9.17) is 5.73 Å². The first-order chi connectivity index (χ1) is 7.49. The number of rotatable bonds is 3. The molecule has 16 heavy (non-hydrogen) atoms. The van der Waals surface area contributed by atoms with Crippen LogP contribution in [0.15, 0.2) is 0 Å². The summed E-state index contributed by atoms with van der Waals surface area (Å²) in [6.07, 6.45) is 4.47. The Bertz CT molecular complexity index is 479. The predicted octanol–water partition coefficient (Wildman–Crippen LogP) is 1.07. The molecule has 0 fully saturated rings. The summed E-state index contributed by atoms with van der Waals surface area (Å²) >= 11 is 1.54. The number of thiazole rings is 1. The fraction of sp³-hybridized carbons (Fsp3) is 0.700. The largest absolute Gasteiger partial charge is 0.330 e. The second-order valence-electron chi connectivity index (χ2n) is 4.31. The zero-order chi connectivity index (χ0) is 11.8. The van der Waals surface area contributed by atoms with E-state index in [2.05, 4.69) is 4.98 Å². The maximum atomic E-state index is 11.2. The van der Waals surface area contributed by atoms with Gasteiger partial charge in [0, 0.05) is 23.6 Å². The van der Waals surface area contributed by atoms with Gasteiger partial charge in [0.2, 0.25) is 0 Å². The van der Waals surface area contributed by atoms with Gasteiger partial charge in [0.1, 0.15) is 10.8 Å². The van der Waals surface area contributed by atoms with E-state index in [0.717, 1.165) is 25.0 Å². The summed E-state index contributed by atoms with van der Waals surface area (Å²) in [5.74, 6) is 0.385. The van der Waals surface area contributed by atoms with Gasteiger partial charge in [-0.1, -0.05) is 0 Å². The van der Waals surface area contributed by atoms with Gasteiger partial charge in [-0.05, 0) is 19.3 Å². The molecule has 4 nitrogen and oxygen atoms in total. The number of aryl methyl sites for hydroxylation is 1. The van der Waals surface area contributed by atoms with Crippen molar-refractivity contribution in [3.8, 4) is 0 Å². The average molecular weight is 260 g/mol. The van der Waals surface area contributed by atoms with Crippen LogP contribution in [0.25, 0.3) is 0 Å². The van der Waals surface area contributed by atoms with Gasteiger partial charge in [0.05, 0.1) is 5.69 Å². The van der Waals surface area contributed by atoms with E-state index in [1.165, 1.54) is 22.5 Å². The minimum absolute atomic E-state index is 0.0575. The molecule has 1 unspecified atom stereocenters. The van der Waals surface area contributed by atoms with Crippen molar-refractivity contribution in [3.05, 3.63) is 15.6 Å². The summed E-state index contributed by atoms with van der Waals surface area (Å²) in [6.45, 7) is 0.606. The lowest BCUT2D eigenvalue weighted by Gasteiger charge is -2.18. The number of sulfone groups is 1. The highest BCUT2D eigenvalue weighted by molar-refractivity contribution is 7.90. The van der Waals surface area contributed by atoms with Crippen molar-refractivity contribution >= 4 is 21.2 Å². The molecule has 1 aromatic heterocycles. The van der Waals surface area contributed by atoms with Gasteiger partial charge in [-0.25, -0.2) is 13.4 Å². The zero-order valence-electron chi connectivity index (χ0n) is 9.27. The first-order valence-corrected chi connectivity index (χ1v) is 8.23. The fourth-order valence-corrected chi connectivity index (χ4v) is 4.46. The number of fused-ring (bicyclic) bond motifs is 1. The third kappa shape index (κ3) is 2.61. The molecule has 0 spiro atoms. The topological polar surface area (TPSA) is 73.0 Å². The Morgan fingerprint density at radius 2 is 2.31 bits per heavy atom. The van der Waals surface area contributed by atoms with Gasteiger partial charge in [-0.15, -0.1) is 11.3 Å². The number of nitrogens with zero attached hydrogens (tertiary/aromatic N) is 1. The fourth-order valence-electron chi connectivity index (χ4n) is 2.07. The van der Waals surface area contributed by atoms with Crippen LogP contribution in [0.3, 0.4) is 0 Å². The van der Waals surface area contributed by atoms with Crippen molar-refractivity contribution < 1.29 is 8.42 Å². The summed E-state index contributed by atoms with van der Waals surface area (Å²) in [4.78, 5) is 5.68. The number of hydrogen-bond donors (Lipinski definition) is 1. The number of nitrogens with two attached hydrogens (primary N) is 1. The van der Waals surface area contributed by atoms with Crippen LogP contribution in [-0.2, 0) is 22.0 Å². The second-order valence-corrected chi connectivity index (χ2v) is 7.62. The molecule has 0 radical (unpaired) electrons. The molecule has 0 amide bonds. The van der Waals surface area contributed by atoms with Gasteiger partial charge < -0.3 is 5.73 Å². The van der Waals surface area contributed by atoms with Crippen LogP contribution >= 0.6 is 11.3 Å². The van der Waals surface area contributed by atoms with E-state index in [1.54, 1.807) is 0 Å². The summed E-state index contributed by atoms with van der Waals surface area (Å²) in [5.41, 5.74) is 6.75. The number of hydrogen-bond acceptors (Lipinski definition) is 5. The highest BCUT2D eigenvalue weighted by Gasteiger charge is 2.24. The third-order valence-corrected chi connectivity index (χ3v) is 4.90. The quantitative estimate of drug-likeness (QED) is 0.882. The Labute approximate surface area is 99.8 Å². The first-order valence-electron chi connectivity index (χ1n) is 5.36. The number of aromatic nitrogens is 1. The van der Waals surface area contributed by atoms with Crippen molar-refractivity contribution in [1.29, 1.82) is 0 Å². The van der Waals surface area contributed by atoms with Gasteiger partial charge in [-0.2, -0.15) is 0 Å². The Morgan fingerprint density at radius 3 is 2.94 bits per heavy atom. The molecule has 1 heterocycles. The van der Waals surface area contributed by atoms with Crippen molar-refractivity contribution in [1.82, 2.24) is 4.98 Å². The molecule has 1 aromatic rings. The summed E-state index contributed by atoms with van der Waals surface area (Å²) in [5, 5.41) is 0.716. The molecule has 0 aliphatic heterocycles. The molecular weight excluding hydrogens is 244 g/mol. The molecule has 0 aromatic carbocycles. The SMILES string of the molecule is CS(=O)(=O)Cc1nc2c(s1)CCCC2CN. The van der Waals surface area contributed by atoms with Crippen LogP contribution in [0.2, 0.25) is 0 Å². The molecule has 1 aliphatic carbocycles. The lowest BCUT2D eigenvalue weighted by Crippen LogP contribution is -2.17. The van der Waals surface area contributed by atoms with Gasteiger partial charge in [0.25, 0.3) is 0 Å². The first kappa shape index (κ1) is 12.0. The smallest absolute Gasteiger partial charge is 0.153 e. The standard InChI is InChI=1S/C10H16N2O2S2/c1-16(13,14)6-9-12-10-7(5-11)3-2-4-8(10)15-9/h7H,2-6,11H2,1H3. The molecule has 2 N–H and O–H groups in total. The molecule has 1 aliphatic rings. The highest BCUT2D eigenvalue weighted by Crippen LogP contribution is 2.34.